The van der Waals surface area contributed by atoms with Crippen molar-refractivity contribution < 1.29 is 8.42 Å². The molecule has 0 saturated heterocycles. The Kier molecular flexibility index (Phi) is 4.69. The molecule has 0 saturated carbocycles. The second-order valence-corrected chi connectivity index (χ2v) is 4.42. The van der Waals surface area contributed by atoms with Crippen LogP contribution in [-0.2, 0) is 10.0 Å². The maximum Gasteiger partial charge on any atom is 0.238 e. The first-order chi connectivity index (χ1) is 7.61. The molecule has 0 heterocycles. The van der Waals surface area contributed by atoms with Gasteiger partial charge in [-0.1, -0.05) is 42.5 Å². The first-order valence-electron chi connectivity index (χ1n) is 4.51. The summed E-state index contributed by atoms with van der Waals surface area (Å²) in [6.45, 7) is 0. The topological polar surface area (TPSA) is 60.2 Å². The van der Waals surface area contributed by atoms with Crippen molar-refractivity contribution in [2.45, 2.75) is 4.90 Å². The van der Waals surface area contributed by atoms with E-state index in [0.717, 1.165) is 0 Å². The van der Waals surface area contributed by atoms with Crippen molar-refractivity contribution in [2.75, 3.05) is 0 Å². The molecule has 2 radical (unpaired) electrons. The summed E-state index contributed by atoms with van der Waals surface area (Å²) in [5.41, 5.74) is 0. The summed E-state index contributed by atoms with van der Waals surface area (Å²) in [5, 5.41) is 4.81. The van der Waals surface area contributed by atoms with Crippen molar-refractivity contribution in [1.82, 2.24) is 0 Å². The Hall–Kier alpha value is -1.65. The molecule has 0 aromatic heterocycles. The minimum atomic E-state index is -3.53. The van der Waals surface area contributed by atoms with Gasteiger partial charge in [0.05, 0.1) is 4.90 Å². The fourth-order valence-corrected chi connectivity index (χ4v) is 1.40. The van der Waals surface area contributed by atoms with E-state index in [1.807, 2.05) is 30.3 Å². The van der Waals surface area contributed by atoms with Gasteiger partial charge >= 0.3 is 0 Å². The highest BCUT2D eigenvalue weighted by Crippen LogP contribution is 2.02. The van der Waals surface area contributed by atoms with Crippen molar-refractivity contribution in [3.63, 3.8) is 0 Å². The van der Waals surface area contributed by atoms with Crippen LogP contribution in [0, 0.1) is 12.1 Å². The highest BCUT2D eigenvalue weighted by Gasteiger charge is 2.03. The Morgan fingerprint density at radius 2 is 1.56 bits per heavy atom. The summed E-state index contributed by atoms with van der Waals surface area (Å²) < 4.78 is 21.2. The number of hydrogen-bond donors (Lipinski definition) is 1. The number of rotatable bonds is 1. The van der Waals surface area contributed by atoms with E-state index >= 15 is 0 Å². The van der Waals surface area contributed by atoms with Crippen molar-refractivity contribution in [3.8, 4) is 0 Å². The van der Waals surface area contributed by atoms with E-state index in [9.17, 15) is 8.42 Å². The predicted octanol–water partition coefficient (Wildman–Crippen LogP) is 1.62. The second kappa shape index (κ2) is 6.05. The van der Waals surface area contributed by atoms with Gasteiger partial charge in [0.15, 0.2) is 0 Å². The van der Waals surface area contributed by atoms with Crippen LogP contribution in [0.25, 0.3) is 0 Å². The number of hydrogen-bond acceptors (Lipinski definition) is 2. The zero-order chi connectivity index (χ0) is 11.9. The lowest BCUT2D eigenvalue weighted by Gasteiger charge is -1.93. The van der Waals surface area contributed by atoms with Gasteiger partial charge in [-0.2, -0.15) is 0 Å². The largest absolute Gasteiger partial charge is 0.238 e. The Morgan fingerprint density at radius 3 is 1.81 bits per heavy atom. The molecule has 0 bridgehead atoms. The minimum absolute atomic E-state index is 0.0926. The summed E-state index contributed by atoms with van der Waals surface area (Å²) in [4.78, 5) is 0.0926. The standard InChI is InChI=1S/C6H6NO2S.C6H5/c7-10(8,9)6-4-2-1-3-5-6;1-2-4-6-5-3-1/h1-2,4-5H,(H2,7,8,9);1-5H. The SMILES string of the molecule is NS(=O)(=O)c1c[c]ccc1.[c]1ccccc1. The molecule has 3 nitrogen and oxygen atoms in total. The van der Waals surface area contributed by atoms with E-state index in [4.69, 9.17) is 5.14 Å². The van der Waals surface area contributed by atoms with E-state index in [2.05, 4.69) is 12.1 Å². The van der Waals surface area contributed by atoms with Gasteiger partial charge in [-0.3, -0.25) is 0 Å². The highest BCUT2D eigenvalue weighted by molar-refractivity contribution is 7.89. The van der Waals surface area contributed by atoms with Gasteiger partial charge in [0.25, 0.3) is 0 Å². The third-order valence-corrected chi connectivity index (χ3v) is 2.53. The van der Waals surface area contributed by atoms with E-state index in [1.54, 1.807) is 12.1 Å². The molecule has 0 atom stereocenters. The molecule has 2 aromatic carbocycles. The smallest absolute Gasteiger partial charge is 0.225 e. The Bertz CT molecular complexity index is 468. The average molecular weight is 233 g/mol. The molecule has 16 heavy (non-hydrogen) atoms. The molecule has 0 fully saturated rings. The van der Waals surface area contributed by atoms with E-state index < -0.39 is 10.0 Å². The first kappa shape index (κ1) is 12.4. The van der Waals surface area contributed by atoms with Gasteiger partial charge in [-0.15, -0.1) is 0 Å². The highest BCUT2D eigenvalue weighted by atomic mass is 32.2. The second-order valence-electron chi connectivity index (χ2n) is 2.86. The number of benzene rings is 2. The normalized spacial score (nSPS) is 10.1. The van der Waals surface area contributed by atoms with Crippen molar-refractivity contribution in [1.29, 1.82) is 0 Å². The Labute approximate surface area is 95.6 Å². The zero-order valence-electron chi connectivity index (χ0n) is 8.50. The zero-order valence-corrected chi connectivity index (χ0v) is 9.31. The molecular weight excluding hydrogens is 222 g/mol. The van der Waals surface area contributed by atoms with Gasteiger partial charge in [0.2, 0.25) is 10.0 Å². The van der Waals surface area contributed by atoms with Crippen LogP contribution in [0.3, 0.4) is 0 Å². The van der Waals surface area contributed by atoms with Crippen LogP contribution in [0.4, 0.5) is 0 Å². The predicted molar refractivity (Wildman–Crippen MR) is 61.9 cm³/mol. The maximum atomic E-state index is 10.6. The van der Waals surface area contributed by atoms with Crippen LogP contribution in [0.2, 0.25) is 0 Å². The van der Waals surface area contributed by atoms with Crippen LogP contribution in [0.5, 0.6) is 0 Å². The lowest BCUT2D eigenvalue weighted by atomic mass is 10.4. The summed E-state index contributed by atoms with van der Waals surface area (Å²) >= 11 is 0. The molecule has 2 rings (SSSR count). The Morgan fingerprint density at radius 1 is 0.938 bits per heavy atom. The van der Waals surface area contributed by atoms with Gasteiger partial charge in [-0.25, -0.2) is 13.6 Å². The third-order valence-electron chi connectivity index (χ3n) is 1.61. The molecule has 0 aliphatic rings. The summed E-state index contributed by atoms with van der Waals surface area (Å²) in [6.07, 6.45) is 0. The molecule has 0 aliphatic carbocycles. The molecule has 82 valence electrons. The third kappa shape index (κ3) is 4.72. The average Bonchev–Trinajstić information content (AvgIpc) is 2.32. The first-order valence-corrected chi connectivity index (χ1v) is 6.05. The number of primary sulfonamides is 1. The minimum Gasteiger partial charge on any atom is -0.225 e. The summed E-state index contributed by atoms with van der Waals surface area (Å²) in [5.74, 6) is 0. The van der Waals surface area contributed by atoms with Crippen molar-refractivity contribution in [3.05, 3.63) is 66.7 Å². The summed E-state index contributed by atoms with van der Waals surface area (Å²) in [6, 6.07) is 21.0. The quantitative estimate of drug-likeness (QED) is 0.813. The monoisotopic (exact) mass is 233 g/mol. The van der Waals surface area contributed by atoms with E-state index in [1.165, 1.54) is 12.1 Å². The van der Waals surface area contributed by atoms with Gasteiger partial charge in [0, 0.05) is 0 Å². The van der Waals surface area contributed by atoms with Gasteiger partial charge in [-0.05, 0) is 24.3 Å². The fourth-order valence-electron chi connectivity index (χ4n) is 0.896. The van der Waals surface area contributed by atoms with Crippen LogP contribution in [0.15, 0.2) is 59.5 Å². The maximum absolute atomic E-state index is 10.6. The number of nitrogens with two attached hydrogens (primary N) is 1. The molecule has 0 aliphatic heterocycles. The van der Waals surface area contributed by atoms with Gasteiger partial charge in [0.1, 0.15) is 0 Å². The number of sulfonamides is 1. The Balaban J connectivity index is 0.000000181. The summed E-state index contributed by atoms with van der Waals surface area (Å²) in [7, 11) is -3.53. The molecule has 0 amide bonds. The van der Waals surface area contributed by atoms with E-state index in [0.29, 0.717) is 0 Å². The lowest BCUT2D eigenvalue weighted by molar-refractivity contribution is 0.598. The molecular formula is C12H11NO2S. The fraction of sp³-hybridized carbons (Fsp3) is 0. The van der Waals surface area contributed by atoms with Crippen molar-refractivity contribution >= 4 is 10.0 Å². The van der Waals surface area contributed by atoms with Gasteiger partial charge < -0.3 is 0 Å². The molecule has 0 unspecified atom stereocenters. The van der Waals surface area contributed by atoms with Crippen LogP contribution < -0.4 is 5.14 Å². The van der Waals surface area contributed by atoms with Crippen LogP contribution in [0.1, 0.15) is 0 Å². The molecule has 4 heteroatoms. The molecule has 0 spiro atoms. The molecule has 2 aromatic rings. The van der Waals surface area contributed by atoms with Crippen molar-refractivity contribution in [2.24, 2.45) is 5.14 Å². The molecule has 2 N–H and O–H groups in total. The van der Waals surface area contributed by atoms with E-state index in [-0.39, 0.29) is 4.90 Å². The lowest BCUT2D eigenvalue weighted by Crippen LogP contribution is -2.11. The van der Waals surface area contributed by atoms with Crippen LogP contribution >= 0.6 is 0 Å². The van der Waals surface area contributed by atoms with Crippen LogP contribution in [-0.4, -0.2) is 8.42 Å².